The summed E-state index contributed by atoms with van der Waals surface area (Å²) < 4.78 is 4.71. The van der Waals surface area contributed by atoms with Gasteiger partial charge >= 0.3 is 0 Å². The fourth-order valence-electron chi connectivity index (χ4n) is 2.41. The number of nitrogens with zero attached hydrogens (tertiary/aromatic N) is 2. The third-order valence-electron chi connectivity index (χ3n) is 3.54. The summed E-state index contributed by atoms with van der Waals surface area (Å²) in [5.74, 6) is -0.107. The average molecular weight is 291 g/mol. The summed E-state index contributed by atoms with van der Waals surface area (Å²) >= 11 is 1.59. The van der Waals surface area contributed by atoms with Gasteiger partial charge in [0.25, 0.3) is 0 Å². The summed E-state index contributed by atoms with van der Waals surface area (Å²) in [5.41, 5.74) is 2.11. The van der Waals surface area contributed by atoms with Crippen LogP contribution in [-0.4, -0.2) is 16.0 Å². The Kier molecular flexibility index (Phi) is 3.33. The summed E-state index contributed by atoms with van der Waals surface area (Å²) in [4.78, 5) is 17.7. The standard InChI is InChI=1S/C14H17N3O2S/c1-14(2)5-3-10-11(8-14)20-13(15-10)16-12(18)7-9-4-6-19-17-9/h4,6H,3,5,7-8H2,1-2H3,(H,15,16,18). The molecule has 0 atom stereocenters. The predicted molar refractivity (Wildman–Crippen MR) is 76.8 cm³/mol. The molecule has 0 unspecified atom stereocenters. The molecule has 2 aromatic rings. The van der Waals surface area contributed by atoms with Crippen molar-refractivity contribution in [3.8, 4) is 0 Å². The first kappa shape index (κ1) is 13.3. The SMILES string of the molecule is CC1(C)CCc2nc(NC(=O)Cc3ccon3)sc2C1. The van der Waals surface area contributed by atoms with Crippen LogP contribution in [0.5, 0.6) is 0 Å². The van der Waals surface area contributed by atoms with Crippen LogP contribution in [0.3, 0.4) is 0 Å². The van der Waals surface area contributed by atoms with E-state index < -0.39 is 0 Å². The number of amides is 1. The number of nitrogens with one attached hydrogen (secondary N) is 1. The zero-order chi connectivity index (χ0) is 14.2. The second-order valence-corrected chi connectivity index (χ2v) is 7.03. The number of aromatic nitrogens is 2. The monoisotopic (exact) mass is 291 g/mol. The summed E-state index contributed by atoms with van der Waals surface area (Å²) in [5, 5.41) is 7.28. The van der Waals surface area contributed by atoms with Gasteiger partial charge in [0.15, 0.2) is 5.13 Å². The first-order chi connectivity index (χ1) is 9.52. The molecular formula is C14H17N3O2S. The van der Waals surface area contributed by atoms with E-state index in [9.17, 15) is 4.79 Å². The lowest BCUT2D eigenvalue weighted by Gasteiger charge is -2.28. The zero-order valence-electron chi connectivity index (χ0n) is 11.6. The molecule has 5 nitrogen and oxygen atoms in total. The molecule has 0 radical (unpaired) electrons. The largest absolute Gasteiger partial charge is 0.364 e. The fraction of sp³-hybridized carbons (Fsp3) is 0.500. The molecule has 1 amide bonds. The van der Waals surface area contributed by atoms with E-state index in [1.165, 1.54) is 11.1 Å². The minimum atomic E-state index is -0.107. The van der Waals surface area contributed by atoms with E-state index in [0.717, 1.165) is 25.0 Å². The molecule has 3 rings (SSSR count). The van der Waals surface area contributed by atoms with Gasteiger partial charge in [0.1, 0.15) is 6.26 Å². The van der Waals surface area contributed by atoms with E-state index in [2.05, 4.69) is 29.3 Å². The lowest BCUT2D eigenvalue weighted by molar-refractivity contribution is -0.115. The third-order valence-corrected chi connectivity index (χ3v) is 4.55. The molecule has 0 saturated carbocycles. The van der Waals surface area contributed by atoms with Crippen LogP contribution >= 0.6 is 11.3 Å². The van der Waals surface area contributed by atoms with Gasteiger partial charge in [-0.3, -0.25) is 4.79 Å². The molecule has 6 heteroatoms. The number of hydrogen-bond acceptors (Lipinski definition) is 5. The predicted octanol–water partition coefficient (Wildman–Crippen LogP) is 2.83. The van der Waals surface area contributed by atoms with E-state index in [1.807, 2.05) is 0 Å². The second kappa shape index (κ2) is 5.01. The molecule has 1 aliphatic carbocycles. The maximum absolute atomic E-state index is 11.9. The Morgan fingerprint density at radius 2 is 2.40 bits per heavy atom. The number of thiazole rings is 1. The molecule has 2 heterocycles. The van der Waals surface area contributed by atoms with Crippen LogP contribution in [0.4, 0.5) is 5.13 Å². The van der Waals surface area contributed by atoms with Gasteiger partial charge in [-0.25, -0.2) is 4.98 Å². The Hall–Kier alpha value is -1.69. The van der Waals surface area contributed by atoms with Gasteiger partial charge < -0.3 is 9.84 Å². The highest BCUT2D eigenvalue weighted by molar-refractivity contribution is 7.15. The second-order valence-electron chi connectivity index (χ2n) is 5.95. The summed E-state index contributed by atoms with van der Waals surface area (Å²) in [6.07, 6.45) is 4.87. The van der Waals surface area contributed by atoms with Crippen LogP contribution in [0, 0.1) is 5.41 Å². The molecular weight excluding hydrogens is 274 g/mol. The highest BCUT2D eigenvalue weighted by Crippen LogP contribution is 2.38. The highest BCUT2D eigenvalue weighted by atomic mass is 32.1. The Balaban J connectivity index is 1.67. The lowest BCUT2D eigenvalue weighted by Crippen LogP contribution is -2.20. The number of aryl methyl sites for hydroxylation is 1. The molecule has 106 valence electrons. The fourth-order valence-corrected chi connectivity index (χ4v) is 3.69. The van der Waals surface area contributed by atoms with Gasteiger partial charge in [-0.15, -0.1) is 11.3 Å². The number of rotatable bonds is 3. The highest BCUT2D eigenvalue weighted by Gasteiger charge is 2.28. The maximum atomic E-state index is 11.9. The van der Waals surface area contributed by atoms with E-state index >= 15 is 0 Å². The van der Waals surface area contributed by atoms with Gasteiger partial charge in [-0.2, -0.15) is 0 Å². The van der Waals surface area contributed by atoms with Crippen molar-refractivity contribution in [2.24, 2.45) is 5.41 Å². The van der Waals surface area contributed by atoms with Crippen LogP contribution in [0.15, 0.2) is 16.9 Å². The van der Waals surface area contributed by atoms with Gasteiger partial charge in [0.05, 0.1) is 17.8 Å². The lowest BCUT2D eigenvalue weighted by atomic mass is 9.79. The summed E-state index contributed by atoms with van der Waals surface area (Å²) in [7, 11) is 0. The molecule has 2 aromatic heterocycles. The normalized spacial score (nSPS) is 16.7. The molecule has 0 fully saturated rings. The zero-order valence-corrected chi connectivity index (χ0v) is 12.4. The molecule has 0 saturated heterocycles. The smallest absolute Gasteiger partial charge is 0.232 e. The van der Waals surface area contributed by atoms with Gasteiger partial charge in [0, 0.05) is 10.9 Å². The number of anilines is 1. The van der Waals surface area contributed by atoms with Gasteiger partial charge in [-0.1, -0.05) is 19.0 Å². The van der Waals surface area contributed by atoms with E-state index in [0.29, 0.717) is 16.2 Å². The first-order valence-corrected chi connectivity index (χ1v) is 7.51. The van der Waals surface area contributed by atoms with Crippen molar-refractivity contribution in [2.45, 2.75) is 39.5 Å². The number of carbonyl (C=O) groups excluding carboxylic acids is 1. The molecule has 1 aliphatic rings. The van der Waals surface area contributed by atoms with Crippen molar-refractivity contribution in [2.75, 3.05) is 5.32 Å². The van der Waals surface area contributed by atoms with Crippen LogP contribution < -0.4 is 5.32 Å². The number of carbonyl (C=O) groups is 1. The van der Waals surface area contributed by atoms with Gasteiger partial charge in [-0.05, 0) is 24.7 Å². The quantitative estimate of drug-likeness (QED) is 0.944. The van der Waals surface area contributed by atoms with Crippen LogP contribution in [0.1, 0.15) is 36.5 Å². The molecule has 0 aromatic carbocycles. The number of hydrogen-bond donors (Lipinski definition) is 1. The third kappa shape index (κ3) is 2.90. The Morgan fingerprint density at radius 1 is 1.55 bits per heavy atom. The Labute approximate surface area is 121 Å². The maximum Gasteiger partial charge on any atom is 0.232 e. The average Bonchev–Trinajstić information content (AvgIpc) is 2.96. The van der Waals surface area contributed by atoms with Crippen molar-refractivity contribution in [1.82, 2.24) is 10.1 Å². The molecule has 0 bridgehead atoms. The first-order valence-electron chi connectivity index (χ1n) is 6.69. The van der Waals surface area contributed by atoms with Crippen molar-refractivity contribution in [1.29, 1.82) is 0 Å². The van der Waals surface area contributed by atoms with E-state index in [4.69, 9.17) is 4.52 Å². The van der Waals surface area contributed by atoms with Crippen molar-refractivity contribution in [3.05, 3.63) is 28.6 Å². The van der Waals surface area contributed by atoms with Crippen molar-refractivity contribution >= 4 is 22.4 Å². The summed E-state index contributed by atoms with van der Waals surface area (Å²) in [6.45, 7) is 4.55. The summed E-state index contributed by atoms with van der Waals surface area (Å²) in [6, 6.07) is 1.69. The molecule has 20 heavy (non-hydrogen) atoms. The van der Waals surface area contributed by atoms with Gasteiger partial charge in [0.2, 0.25) is 5.91 Å². The van der Waals surface area contributed by atoms with Crippen LogP contribution in [-0.2, 0) is 24.1 Å². The van der Waals surface area contributed by atoms with E-state index in [-0.39, 0.29) is 12.3 Å². The topological polar surface area (TPSA) is 68.0 Å². The molecule has 0 spiro atoms. The molecule has 1 N–H and O–H groups in total. The minimum Gasteiger partial charge on any atom is -0.364 e. The Morgan fingerprint density at radius 3 is 3.15 bits per heavy atom. The van der Waals surface area contributed by atoms with Crippen molar-refractivity contribution < 1.29 is 9.32 Å². The minimum absolute atomic E-state index is 0.107. The van der Waals surface area contributed by atoms with Crippen LogP contribution in [0.2, 0.25) is 0 Å². The number of fused-ring (bicyclic) bond motifs is 1. The van der Waals surface area contributed by atoms with Crippen molar-refractivity contribution in [3.63, 3.8) is 0 Å². The van der Waals surface area contributed by atoms with E-state index in [1.54, 1.807) is 17.4 Å². The van der Waals surface area contributed by atoms with Crippen LogP contribution in [0.25, 0.3) is 0 Å². The Bertz CT molecular complexity index is 616. The molecule has 0 aliphatic heterocycles.